The normalized spacial score (nSPS) is 11.2. The van der Waals surface area contributed by atoms with E-state index in [0.717, 1.165) is 28.3 Å². The van der Waals surface area contributed by atoms with Crippen molar-refractivity contribution in [2.24, 2.45) is 0 Å². The minimum atomic E-state index is 1.10. The molecule has 236 valence electrons. The summed E-state index contributed by atoms with van der Waals surface area (Å²) in [6.45, 7) is 0. The van der Waals surface area contributed by atoms with E-state index in [4.69, 9.17) is 0 Å². The maximum absolute atomic E-state index is 2.44. The zero-order valence-electron chi connectivity index (χ0n) is 27.5. The standard InChI is InChI=1S/C48H34N2/c1-6-16-35(17-7-1)37-26-28-42(29-27-37)49(40-22-12-4-13-23-40)43-30-31-44-46(34-43)50(41-24-14-5-15-25-41)47-33-39(36-18-8-2-9-19-36)32-45(48(44)47)38-20-10-3-11-21-38/h1-34H. The highest BCUT2D eigenvalue weighted by Crippen LogP contribution is 2.44. The first kappa shape index (κ1) is 29.5. The fourth-order valence-electron chi connectivity index (χ4n) is 7.23. The molecule has 0 aliphatic heterocycles. The molecular weight excluding hydrogens is 605 g/mol. The summed E-state index contributed by atoms with van der Waals surface area (Å²) < 4.78 is 2.44. The summed E-state index contributed by atoms with van der Waals surface area (Å²) in [6, 6.07) is 74.0. The van der Waals surface area contributed by atoms with Gasteiger partial charge in [-0.2, -0.15) is 0 Å². The molecule has 0 saturated carbocycles. The molecule has 0 aliphatic carbocycles. The van der Waals surface area contributed by atoms with Gasteiger partial charge in [0.2, 0.25) is 0 Å². The average molecular weight is 639 g/mol. The molecule has 0 fully saturated rings. The van der Waals surface area contributed by atoms with Crippen molar-refractivity contribution in [3.05, 3.63) is 206 Å². The van der Waals surface area contributed by atoms with E-state index in [9.17, 15) is 0 Å². The van der Waals surface area contributed by atoms with Crippen LogP contribution < -0.4 is 4.90 Å². The van der Waals surface area contributed by atoms with Gasteiger partial charge in [-0.3, -0.25) is 0 Å². The lowest BCUT2D eigenvalue weighted by atomic mass is 9.94. The maximum Gasteiger partial charge on any atom is 0.0562 e. The van der Waals surface area contributed by atoms with Gasteiger partial charge in [0.1, 0.15) is 0 Å². The zero-order valence-corrected chi connectivity index (χ0v) is 27.5. The smallest absolute Gasteiger partial charge is 0.0562 e. The van der Waals surface area contributed by atoms with Gasteiger partial charge in [-0.25, -0.2) is 0 Å². The van der Waals surface area contributed by atoms with Crippen LogP contribution in [0.15, 0.2) is 206 Å². The summed E-state index contributed by atoms with van der Waals surface area (Å²) in [7, 11) is 0. The molecular formula is C48H34N2. The predicted octanol–water partition coefficient (Wildman–Crippen LogP) is 13.3. The minimum Gasteiger partial charge on any atom is -0.310 e. The first-order valence-electron chi connectivity index (χ1n) is 17.1. The molecule has 0 amide bonds. The molecule has 0 N–H and O–H groups in total. The Morgan fingerprint density at radius 2 is 0.800 bits per heavy atom. The fourth-order valence-corrected chi connectivity index (χ4v) is 7.23. The van der Waals surface area contributed by atoms with Crippen LogP contribution in [0.5, 0.6) is 0 Å². The van der Waals surface area contributed by atoms with Crippen LogP contribution in [0.25, 0.3) is 60.9 Å². The molecule has 9 aromatic rings. The molecule has 50 heavy (non-hydrogen) atoms. The van der Waals surface area contributed by atoms with Gasteiger partial charge in [0.25, 0.3) is 0 Å². The van der Waals surface area contributed by atoms with Crippen molar-refractivity contribution >= 4 is 38.9 Å². The number of fused-ring (bicyclic) bond motifs is 3. The van der Waals surface area contributed by atoms with E-state index in [2.05, 4.69) is 216 Å². The van der Waals surface area contributed by atoms with E-state index in [1.807, 2.05) is 0 Å². The quantitative estimate of drug-likeness (QED) is 0.169. The molecule has 9 rings (SSSR count). The number of benzene rings is 8. The van der Waals surface area contributed by atoms with Crippen molar-refractivity contribution in [3.8, 4) is 39.1 Å². The largest absolute Gasteiger partial charge is 0.310 e. The Kier molecular flexibility index (Phi) is 7.53. The topological polar surface area (TPSA) is 8.17 Å². The molecule has 2 heteroatoms. The van der Waals surface area contributed by atoms with E-state index >= 15 is 0 Å². The Hall–Kier alpha value is -6.64. The summed E-state index contributed by atoms with van der Waals surface area (Å²) in [4.78, 5) is 2.36. The lowest BCUT2D eigenvalue weighted by Gasteiger charge is -2.26. The van der Waals surface area contributed by atoms with E-state index in [1.165, 1.54) is 49.7 Å². The average Bonchev–Trinajstić information content (AvgIpc) is 3.53. The van der Waals surface area contributed by atoms with Gasteiger partial charge in [0, 0.05) is 33.5 Å². The van der Waals surface area contributed by atoms with Crippen LogP contribution in [0.4, 0.5) is 17.1 Å². The molecule has 0 unspecified atom stereocenters. The second-order valence-electron chi connectivity index (χ2n) is 12.6. The number of nitrogens with zero attached hydrogens (tertiary/aromatic N) is 2. The molecule has 0 radical (unpaired) electrons. The summed E-state index contributed by atoms with van der Waals surface area (Å²) in [5.74, 6) is 0. The minimum absolute atomic E-state index is 1.10. The highest BCUT2D eigenvalue weighted by atomic mass is 15.1. The Morgan fingerprint density at radius 1 is 0.320 bits per heavy atom. The highest BCUT2D eigenvalue weighted by Gasteiger charge is 2.21. The van der Waals surface area contributed by atoms with Crippen LogP contribution >= 0.6 is 0 Å². The second-order valence-corrected chi connectivity index (χ2v) is 12.6. The third-order valence-corrected chi connectivity index (χ3v) is 9.56. The fraction of sp³-hybridized carbons (Fsp3) is 0. The lowest BCUT2D eigenvalue weighted by Crippen LogP contribution is -2.10. The van der Waals surface area contributed by atoms with Crippen LogP contribution in [-0.2, 0) is 0 Å². The zero-order chi connectivity index (χ0) is 33.3. The molecule has 0 atom stereocenters. The highest BCUT2D eigenvalue weighted by molar-refractivity contribution is 6.17. The molecule has 1 aromatic heterocycles. The number of para-hydroxylation sites is 2. The van der Waals surface area contributed by atoms with Crippen LogP contribution in [0.1, 0.15) is 0 Å². The van der Waals surface area contributed by atoms with Crippen molar-refractivity contribution in [2.75, 3.05) is 4.90 Å². The van der Waals surface area contributed by atoms with Gasteiger partial charge in [0.15, 0.2) is 0 Å². The van der Waals surface area contributed by atoms with Crippen LogP contribution in [0.3, 0.4) is 0 Å². The number of hydrogen-bond acceptors (Lipinski definition) is 1. The Morgan fingerprint density at radius 3 is 1.42 bits per heavy atom. The van der Waals surface area contributed by atoms with Gasteiger partial charge < -0.3 is 9.47 Å². The second kappa shape index (κ2) is 12.8. The van der Waals surface area contributed by atoms with Crippen LogP contribution in [0.2, 0.25) is 0 Å². The molecule has 0 spiro atoms. The van der Waals surface area contributed by atoms with E-state index in [1.54, 1.807) is 0 Å². The number of aromatic nitrogens is 1. The van der Waals surface area contributed by atoms with E-state index in [-0.39, 0.29) is 0 Å². The van der Waals surface area contributed by atoms with Crippen LogP contribution in [0, 0.1) is 0 Å². The molecule has 0 bridgehead atoms. The van der Waals surface area contributed by atoms with Gasteiger partial charge in [-0.1, -0.05) is 146 Å². The van der Waals surface area contributed by atoms with Crippen LogP contribution in [-0.4, -0.2) is 4.57 Å². The molecule has 0 aliphatic rings. The third-order valence-electron chi connectivity index (χ3n) is 9.56. The summed E-state index contributed by atoms with van der Waals surface area (Å²) in [5.41, 5.74) is 14.0. The number of hydrogen-bond donors (Lipinski definition) is 0. The first-order chi connectivity index (χ1) is 24.8. The monoisotopic (exact) mass is 638 g/mol. The molecule has 8 aromatic carbocycles. The van der Waals surface area contributed by atoms with Crippen molar-refractivity contribution in [2.45, 2.75) is 0 Å². The third kappa shape index (κ3) is 5.34. The van der Waals surface area contributed by atoms with Crippen molar-refractivity contribution in [1.82, 2.24) is 4.57 Å². The number of rotatable bonds is 7. The summed E-state index contributed by atoms with van der Waals surface area (Å²) >= 11 is 0. The van der Waals surface area contributed by atoms with Gasteiger partial charge in [-0.05, 0) is 94.0 Å². The van der Waals surface area contributed by atoms with E-state index < -0.39 is 0 Å². The van der Waals surface area contributed by atoms with Crippen molar-refractivity contribution in [3.63, 3.8) is 0 Å². The lowest BCUT2D eigenvalue weighted by molar-refractivity contribution is 1.18. The molecule has 2 nitrogen and oxygen atoms in total. The van der Waals surface area contributed by atoms with Crippen molar-refractivity contribution < 1.29 is 0 Å². The molecule has 0 saturated heterocycles. The summed E-state index contributed by atoms with van der Waals surface area (Å²) in [6.07, 6.45) is 0. The van der Waals surface area contributed by atoms with Gasteiger partial charge in [0.05, 0.1) is 11.0 Å². The maximum atomic E-state index is 2.44. The Balaban J connectivity index is 1.31. The Bertz CT molecular complexity index is 2540. The molecule has 1 heterocycles. The first-order valence-corrected chi connectivity index (χ1v) is 17.1. The van der Waals surface area contributed by atoms with E-state index in [0.29, 0.717) is 0 Å². The Labute approximate surface area is 292 Å². The summed E-state index contributed by atoms with van der Waals surface area (Å²) in [5, 5.41) is 2.47. The predicted molar refractivity (Wildman–Crippen MR) is 212 cm³/mol. The number of anilines is 3. The van der Waals surface area contributed by atoms with Crippen molar-refractivity contribution in [1.29, 1.82) is 0 Å². The SMILES string of the molecule is c1ccc(-c2ccc(N(c3ccccc3)c3ccc4c5c(-c6ccccc6)cc(-c6ccccc6)cc5n(-c5ccccc5)c4c3)cc2)cc1. The van der Waals surface area contributed by atoms with Gasteiger partial charge >= 0.3 is 0 Å². The van der Waals surface area contributed by atoms with Gasteiger partial charge in [-0.15, -0.1) is 0 Å².